The summed E-state index contributed by atoms with van der Waals surface area (Å²) in [6.45, 7) is -0.0633. The van der Waals surface area contributed by atoms with Crippen LogP contribution in [0.25, 0.3) is 10.9 Å². The smallest absolute Gasteiger partial charge is 0.261 e. The topological polar surface area (TPSA) is 54.7 Å². The molecule has 0 amide bonds. The molecule has 1 aromatic heterocycles. The second-order valence-electron chi connectivity index (χ2n) is 4.28. The Balaban J connectivity index is 2.20. The number of nitrogens with two attached hydrogens (primary N) is 1. The van der Waals surface area contributed by atoms with Crippen molar-refractivity contribution >= 4 is 10.9 Å². The normalized spacial score (nSPS) is 27.2. The molecular formula is C11H11F2N3. The van der Waals surface area contributed by atoms with Crippen LogP contribution < -0.4 is 5.73 Å². The molecular weight excluding hydrogens is 212 g/mol. The first-order valence-corrected chi connectivity index (χ1v) is 5.12. The maximum absolute atomic E-state index is 13.4. The molecule has 0 spiro atoms. The van der Waals surface area contributed by atoms with Crippen LogP contribution in [0.3, 0.4) is 0 Å². The van der Waals surface area contributed by atoms with Gasteiger partial charge in [-0.05, 0) is 6.07 Å². The van der Waals surface area contributed by atoms with E-state index < -0.39 is 11.3 Å². The van der Waals surface area contributed by atoms with Crippen molar-refractivity contribution in [1.29, 1.82) is 0 Å². The number of fused-ring (bicyclic) bond motifs is 1. The van der Waals surface area contributed by atoms with Gasteiger partial charge in [0.25, 0.3) is 5.92 Å². The molecule has 2 aromatic rings. The number of rotatable bonds is 2. The Morgan fingerprint density at radius 3 is 2.69 bits per heavy atom. The van der Waals surface area contributed by atoms with Gasteiger partial charge in [-0.3, -0.25) is 5.10 Å². The molecule has 1 aliphatic rings. The van der Waals surface area contributed by atoms with E-state index in [1.54, 1.807) is 12.1 Å². The number of halogens is 2. The summed E-state index contributed by atoms with van der Waals surface area (Å²) < 4.78 is 26.8. The number of benzene rings is 1. The van der Waals surface area contributed by atoms with E-state index in [2.05, 4.69) is 10.2 Å². The van der Waals surface area contributed by atoms with Crippen molar-refractivity contribution < 1.29 is 8.78 Å². The van der Waals surface area contributed by atoms with Crippen LogP contribution in [0.5, 0.6) is 0 Å². The molecule has 1 heterocycles. The molecule has 1 aliphatic carbocycles. The second kappa shape index (κ2) is 2.79. The summed E-state index contributed by atoms with van der Waals surface area (Å²) in [4.78, 5) is 0. The third-order valence-corrected chi connectivity index (χ3v) is 3.39. The van der Waals surface area contributed by atoms with Crippen LogP contribution in [0.4, 0.5) is 8.78 Å². The minimum absolute atomic E-state index is 0.0633. The van der Waals surface area contributed by atoms with Gasteiger partial charge in [-0.2, -0.15) is 5.10 Å². The molecule has 84 valence electrons. The summed E-state index contributed by atoms with van der Waals surface area (Å²) in [5.41, 5.74) is 5.44. The monoisotopic (exact) mass is 223 g/mol. The van der Waals surface area contributed by atoms with Gasteiger partial charge in [-0.1, -0.05) is 18.2 Å². The summed E-state index contributed by atoms with van der Waals surface area (Å²) >= 11 is 0. The zero-order chi connectivity index (χ0) is 11.4. The molecule has 1 aromatic carbocycles. The summed E-state index contributed by atoms with van der Waals surface area (Å²) in [7, 11) is 0. The Morgan fingerprint density at radius 2 is 2.06 bits per heavy atom. The molecule has 16 heavy (non-hydrogen) atoms. The quantitative estimate of drug-likeness (QED) is 0.815. The van der Waals surface area contributed by atoms with E-state index in [0.717, 1.165) is 5.39 Å². The maximum Gasteiger partial charge on any atom is 0.261 e. The van der Waals surface area contributed by atoms with Crippen molar-refractivity contribution in [2.75, 3.05) is 6.54 Å². The van der Waals surface area contributed by atoms with Crippen molar-refractivity contribution in [2.45, 2.75) is 17.8 Å². The van der Waals surface area contributed by atoms with Gasteiger partial charge >= 0.3 is 0 Å². The summed E-state index contributed by atoms with van der Waals surface area (Å²) in [6.07, 6.45) is -0.192. The van der Waals surface area contributed by atoms with Crippen molar-refractivity contribution in [3.05, 3.63) is 30.0 Å². The van der Waals surface area contributed by atoms with Crippen molar-refractivity contribution in [2.24, 2.45) is 5.73 Å². The fraction of sp³-hybridized carbons (Fsp3) is 0.364. The standard InChI is InChI=1S/C11H11F2N3/c12-11(13)5-10(11,6-14)9-7-3-1-2-4-8(7)15-16-9/h1-4H,5-6,14H2,(H,15,16). The van der Waals surface area contributed by atoms with Crippen LogP contribution >= 0.6 is 0 Å². The number of hydrogen-bond donors (Lipinski definition) is 2. The van der Waals surface area contributed by atoms with Gasteiger partial charge in [0.15, 0.2) is 0 Å². The fourth-order valence-corrected chi connectivity index (χ4v) is 2.25. The van der Waals surface area contributed by atoms with Gasteiger partial charge in [-0.15, -0.1) is 0 Å². The highest BCUT2D eigenvalue weighted by molar-refractivity contribution is 5.83. The van der Waals surface area contributed by atoms with Gasteiger partial charge in [0, 0.05) is 18.4 Å². The average Bonchev–Trinajstić information content (AvgIpc) is 2.67. The van der Waals surface area contributed by atoms with Crippen LogP contribution in [0.15, 0.2) is 24.3 Å². The first-order chi connectivity index (χ1) is 7.61. The Hall–Kier alpha value is -1.49. The number of nitrogens with zero attached hydrogens (tertiary/aromatic N) is 1. The Kier molecular flexibility index (Phi) is 1.70. The highest BCUT2D eigenvalue weighted by Gasteiger charge is 2.72. The van der Waals surface area contributed by atoms with E-state index in [0.29, 0.717) is 11.2 Å². The van der Waals surface area contributed by atoms with Crippen molar-refractivity contribution in [1.82, 2.24) is 10.2 Å². The Bertz CT molecular complexity index is 549. The molecule has 0 radical (unpaired) electrons. The van der Waals surface area contributed by atoms with Gasteiger partial charge in [-0.25, -0.2) is 8.78 Å². The summed E-state index contributed by atoms with van der Waals surface area (Å²) in [5, 5.41) is 7.48. The van der Waals surface area contributed by atoms with Gasteiger partial charge < -0.3 is 5.73 Å². The number of aromatic amines is 1. The predicted octanol–water partition coefficient (Wildman–Crippen LogP) is 1.80. The van der Waals surface area contributed by atoms with E-state index >= 15 is 0 Å². The third kappa shape index (κ3) is 1.01. The molecule has 0 bridgehead atoms. The number of nitrogens with one attached hydrogen (secondary N) is 1. The third-order valence-electron chi connectivity index (χ3n) is 3.39. The lowest BCUT2D eigenvalue weighted by Gasteiger charge is -2.11. The summed E-state index contributed by atoms with van der Waals surface area (Å²) in [5.74, 6) is -2.71. The zero-order valence-corrected chi connectivity index (χ0v) is 8.50. The summed E-state index contributed by atoms with van der Waals surface area (Å²) in [6, 6.07) is 7.22. The van der Waals surface area contributed by atoms with E-state index in [4.69, 9.17) is 5.73 Å². The predicted molar refractivity (Wildman–Crippen MR) is 56.4 cm³/mol. The van der Waals surface area contributed by atoms with Gasteiger partial charge in [0.2, 0.25) is 0 Å². The molecule has 0 aliphatic heterocycles. The molecule has 3 rings (SSSR count). The molecule has 5 heteroatoms. The number of para-hydroxylation sites is 1. The van der Waals surface area contributed by atoms with Crippen molar-refractivity contribution in [3.63, 3.8) is 0 Å². The molecule has 1 atom stereocenters. The lowest BCUT2D eigenvalue weighted by atomic mass is 9.98. The van der Waals surface area contributed by atoms with Gasteiger partial charge in [0.1, 0.15) is 0 Å². The number of hydrogen-bond acceptors (Lipinski definition) is 2. The minimum atomic E-state index is -2.71. The molecule has 1 saturated carbocycles. The lowest BCUT2D eigenvalue weighted by molar-refractivity contribution is 0.0889. The maximum atomic E-state index is 13.4. The number of alkyl halides is 2. The minimum Gasteiger partial charge on any atom is -0.329 e. The average molecular weight is 223 g/mol. The van der Waals surface area contributed by atoms with Crippen LogP contribution in [0, 0.1) is 0 Å². The molecule has 1 fully saturated rings. The Morgan fingerprint density at radius 1 is 1.38 bits per heavy atom. The first kappa shape index (κ1) is 9.72. The van der Waals surface area contributed by atoms with Crippen LogP contribution in [0.1, 0.15) is 12.1 Å². The van der Waals surface area contributed by atoms with Crippen molar-refractivity contribution in [3.8, 4) is 0 Å². The van der Waals surface area contributed by atoms with Crippen LogP contribution in [-0.2, 0) is 5.41 Å². The highest BCUT2D eigenvalue weighted by Crippen LogP contribution is 2.61. The lowest BCUT2D eigenvalue weighted by Crippen LogP contribution is -2.27. The van der Waals surface area contributed by atoms with E-state index in [-0.39, 0.29) is 13.0 Å². The Labute approximate surface area is 90.6 Å². The molecule has 3 N–H and O–H groups in total. The van der Waals surface area contributed by atoms with Crippen LogP contribution in [0.2, 0.25) is 0 Å². The second-order valence-corrected chi connectivity index (χ2v) is 4.28. The van der Waals surface area contributed by atoms with E-state index in [9.17, 15) is 8.78 Å². The zero-order valence-electron chi connectivity index (χ0n) is 8.50. The largest absolute Gasteiger partial charge is 0.329 e. The van der Waals surface area contributed by atoms with E-state index in [1.807, 2.05) is 12.1 Å². The number of aromatic nitrogens is 2. The fourth-order valence-electron chi connectivity index (χ4n) is 2.25. The van der Waals surface area contributed by atoms with Crippen LogP contribution in [-0.4, -0.2) is 22.7 Å². The van der Waals surface area contributed by atoms with Gasteiger partial charge in [0.05, 0.1) is 16.6 Å². The number of H-pyrrole nitrogens is 1. The SMILES string of the molecule is NCC1(c2[nH]nc3ccccc23)CC1(F)F. The molecule has 0 saturated heterocycles. The first-order valence-electron chi connectivity index (χ1n) is 5.12. The highest BCUT2D eigenvalue weighted by atomic mass is 19.3. The molecule has 3 nitrogen and oxygen atoms in total. The van der Waals surface area contributed by atoms with E-state index in [1.165, 1.54) is 0 Å². The molecule has 1 unspecified atom stereocenters.